The number of hydrogen-bond acceptors (Lipinski definition) is 7. The molecule has 0 saturated carbocycles. The molecule has 4 rings (SSSR count). The third kappa shape index (κ3) is 3.06. The number of pyridine rings is 1. The fraction of sp³-hybridized carbons (Fsp3) is 0.143. The minimum atomic E-state index is -0.915. The Morgan fingerprint density at radius 2 is 1.93 bits per heavy atom. The summed E-state index contributed by atoms with van der Waals surface area (Å²) in [5, 5.41) is 11.6. The maximum Gasteiger partial charge on any atom is 0.340 e. The zero-order valence-electron chi connectivity index (χ0n) is 15.9. The van der Waals surface area contributed by atoms with Crippen LogP contribution < -0.4 is 16.0 Å². The van der Waals surface area contributed by atoms with Crippen molar-refractivity contribution in [2.75, 3.05) is 6.61 Å². The van der Waals surface area contributed by atoms with Crippen molar-refractivity contribution in [2.45, 2.75) is 12.8 Å². The molecular weight excluding hydrogens is 390 g/mol. The van der Waals surface area contributed by atoms with E-state index < -0.39 is 22.4 Å². The van der Waals surface area contributed by atoms with Gasteiger partial charge in [0.05, 0.1) is 28.5 Å². The van der Waals surface area contributed by atoms with Crippen LogP contribution in [-0.4, -0.2) is 22.5 Å². The zero-order chi connectivity index (χ0) is 21.4. The lowest BCUT2D eigenvalue weighted by atomic mass is 9.83. The summed E-state index contributed by atoms with van der Waals surface area (Å²) in [6.45, 7) is 1.75. The molecular formula is C21H17N3O6. The number of carbonyl (C=O) groups is 1. The number of nitro benzene ring substituents is 1. The van der Waals surface area contributed by atoms with Gasteiger partial charge in [-0.1, -0.05) is 24.3 Å². The fourth-order valence-corrected chi connectivity index (χ4v) is 3.60. The first-order chi connectivity index (χ1) is 14.4. The van der Waals surface area contributed by atoms with E-state index in [4.69, 9.17) is 15.2 Å². The Balaban J connectivity index is 2.00. The van der Waals surface area contributed by atoms with Crippen molar-refractivity contribution in [3.05, 3.63) is 91.6 Å². The van der Waals surface area contributed by atoms with Crippen LogP contribution in [0.4, 0.5) is 5.69 Å². The van der Waals surface area contributed by atoms with Gasteiger partial charge in [0.2, 0.25) is 5.88 Å². The Labute approximate surface area is 169 Å². The number of aromatic nitrogens is 1. The number of nitrogens with zero attached hydrogens (tertiary/aromatic N) is 1. The van der Waals surface area contributed by atoms with E-state index >= 15 is 0 Å². The number of ether oxygens (including phenoxy) is 2. The van der Waals surface area contributed by atoms with Gasteiger partial charge in [0.1, 0.15) is 11.3 Å². The largest absolute Gasteiger partial charge is 0.462 e. The second-order valence-corrected chi connectivity index (χ2v) is 6.62. The molecule has 0 amide bonds. The lowest BCUT2D eigenvalue weighted by molar-refractivity contribution is -0.384. The summed E-state index contributed by atoms with van der Waals surface area (Å²) in [6.07, 6.45) is 0. The number of nitrogens with one attached hydrogen (secondary N) is 1. The van der Waals surface area contributed by atoms with Crippen LogP contribution in [0, 0.1) is 10.1 Å². The predicted molar refractivity (Wildman–Crippen MR) is 108 cm³/mol. The average Bonchev–Trinajstić information content (AvgIpc) is 2.73. The van der Waals surface area contributed by atoms with E-state index in [2.05, 4.69) is 4.98 Å². The number of carbonyl (C=O) groups excluding carboxylic acids is 1. The van der Waals surface area contributed by atoms with E-state index in [0.717, 1.165) is 0 Å². The van der Waals surface area contributed by atoms with Gasteiger partial charge in [0.15, 0.2) is 0 Å². The number of hydrogen-bond donors (Lipinski definition) is 2. The van der Waals surface area contributed by atoms with Crippen LogP contribution in [0.2, 0.25) is 0 Å². The Morgan fingerprint density at radius 1 is 1.23 bits per heavy atom. The number of benzene rings is 2. The first-order valence-corrected chi connectivity index (χ1v) is 9.16. The number of fused-ring (bicyclic) bond motifs is 3. The molecule has 30 heavy (non-hydrogen) atoms. The van der Waals surface area contributed by atoms with Crippen molar-refractivity contribution in [2.24, 2.45) is 5.73 Å². The van der Waals surface area contributed by atoms with Gasteiger partial charge < -0.3 is 20.2 Å². The molecule has 0 unspecified atom stereocenters. The quantitative estimate of drug-likeness (QED) is 0.385. The summed E-state index contributed by atoms with van der Waals surface area (Å²) < 4.78 is 10.9. The lowest BCUT2D eigenvalue weighted by Gasteiger charge is -2.28. The fourth-order valence-electron chi connectivity index (χ4n) is 3.60. The Bertz CT molecular complexity index is 1260. The van der Waals surface area contributed by atoms with E-state index in [1.54, 1.807) is 31.2 Å². The van der Waals surface area contributed by atoms with Crippen LogP contribution >= 0.6 is 0 Å². The smallest absolute Gasteiger partial charge is 0.340 e. The van der Waals surface area contributed by atoms with E-state index in [1.165, 1.54) is 24.3 Å². The Kier molecular flexibility index (Phi) is 4.71. The number of H-pyrrole nitrogens is 1. The molecule has 152 valence electrons. The van der Waals surface area contributed by atoms with Crippen molar-refractivity contribution >= 4 is 22.6 Å². The number of para-hydroxylation sites is 1. The lowest BCUT2D eigenvalue weighted by Crippen LogP contribution is -2.32. The molecule has 1 aliphatic rings. The van der Waals surface area contributed by atoms with Crippen LogP contribution in [-0.2, 0) is 9.53 Å². The second-order valence-electron chi connectivity index (χ2n) is 6.62. The third-order valence-electron chi connectivity index (χ3n) is 4.90. The second kappa shape index (κ2) is 7.36. The van der Waals surface area contributed by atoms with E-state index in [0.29, 0.717) is 16.5 Å². The molecule has 0 fully saturated rings. The first-order valence-electron chi connectivity index (χ1n) is 9.16. The standard InChI is InChI=1S/C21H17N3O6/c1-2-29-21(26)17-15(11-7-9-12(10-8-11)24(27)28)16-18(30-19(17)22)13-5-3-4-6-14(13)23-20(16)25/h3-10,15H,2,22H2,1H3,(H,23,25)/t15-/m1/s1. The molecule has 1 aromatic heterocycles. The summed E-state index contributed by atoms with van der Waals surface area (Å²) in [4.78, 5) is 39.0. The number of rotatable bonds is 4. The van der Waals surface area contributed by atoms with Gasteiger partial charge in [0.25, 0.3) is 11.2 Å². The van der Waals surface area contributed by atoms with Gasteiger partial charge in [-0.15, -0.1) is 0 Å². The molecule has 2 aromatic carbocycles. The summed E-state index contributed by atoms with van der Waals surface area (Å²) in [6, 6.07) is 12.6. The zero-order valence-corrected chi connectivity index (χ0v) is 15.9. The molecule has 0 bridgehead atoms. The highest BCUT2D eigenvalue weighted by atomic mass is 16.6. The van der Waals surface area contributed by atoms with Crippen LogP contribution in [0.5, 0.6) is 5.75 Å². The number of nitrogens with two attached hydrogens (primary N) is 1. The summed E-state index contributed by atoms with van der Waals surface area (Å²) in [5.41, 5.74) is 6.71. The highest BCUT2D eigenvalue weighted by molar-refractivity contribution is 5.95. The van der Waals surface area contributed by atoms with Gasteiger partial charge in [0, 0.05) is 17.5 Å². The third-order valence-corrected chi connectivity index (χ3v) is 4.90. The molecule has 9 heteroatoms. The average molecular weight is 407 g/mol. The Morgan fingerprint density at radius 3 is 2.60 bits per heavy atom. The molecule has 9 nitrogen and oxygen atoms in total. The molecule has 3 aromatic rings. The predicted octanol–water partition coefficient (Wildman–Crippen LogP) is 2.69. The molecule has 0 aliphatic carbocycles. The van der Waals surface area contributed by atoms with E-state index in [-0.39, 0.29) is 35.1 Å². The van der Waals surface area contributed by atoms with Crippen molar-refractivity contribution in [1.82, 2.24) is 4.98 Å². The van der Waals surface area contributed by atoms with Gasteiger partial charge >= 0.3 is 5.97 Å². The van der Waals surface area contributed by atoms with Crippen molar-refractivity contribution in [3.63, 3.8) is 0 Å². The van der Waals surface area contributed by atoms with Crippen LogP contribution in [0.15, 0.2) is 64.8 Å². The molecule has 2 heterocycles. The summed E-state index contributed by atoms with van der Waals surface area (Å²) in [5.74, 6) is -1.58. The van der Waals surface area contributed by atoms with Crippen molar-refractivity contribution < 1.29 is 19.2 Å². The van der Waals surface area contributed by atoms with Gasteiger partial charge in [-0.25, -0.2) is 4.79 Å². The maximum atomic E-state index is 13.0. The topological polar surface area (TPSA) is 138 Å². The van der Waals surface area contributed by atoms with Crippen LogP contribution in [0.3, 0.4) is 0 Å². The van der Waals surface area contributed by atoms with Crippen molar-refractivity contribution in [3.8, 4) is 5.75 Å². The van der Waals surface area contributed by atoms with Crippen LogP contribution in [0.1, 0.15) is 24.0 Å². The normalized spacial score (nSPS) is 15.4. The molecule has 3 N–H and O–H groups in total. The number of non-ortho nitro benzene ring substituents is 1. The highest BCUT2D eigenvalue weighted by Crippen LogP contribution is 2.43. The highest BCUT2D eigenvalue weighted by Gasteiger charge is 2.38. The number of esters is 1. The van der Waals surface area contributed by atoms with Gasteiger partial charge in [-0.2, -0.15) is 0 Å². The van der Waals surface area contributed by atoms with E-state index in [1.807, 2.05) is 0 Å². The van der Waals surface area contributed by atoms with Crippen molar-refractivity contribution in [1.29, 1.82) is 0 Å². The molecule has 0 saturated heterocycles. The minimum Gasteiger partial charge on any atom is -0.462 e. The minimum absolute atomic E-state index is 0.0287. The summed E-state index contributed by atoms with van der Waals surface area (Å²) in [7, 11) is 0. The maximum absolute atomic E-state index is 13.0. The SMILES string of the molecule is CCOC(=O)C1=C(N)Oc2c(c(=O)[nH]c3ccccc23)[C@H]1c1ccc([N+](=O)[O-])cc1. The van der Waals surface area contributed by atoms with Crippen LogP contribution in [0.25, 0.3) is 10.9 Å². The van der Waals surface area contributed by atoms with Gasteiger partial charge in [-0.3, -0.25) is 14.9 Å². The first kappa shape index (κ1) is 19.2. The molecule has 1 aliphatic heterocycles. The monoisotopic (exact) mass is 407 g/mol. The number of nitro groups is 1. The van der Waals surface area contributed by atoms with Gasteiger partial charge in [-0.05, 0) is 24.6 Å². The molecule has 1 atom stereocenters. The number of aromatic amines is 1. The molecule has 0 radical (unpaired) electrons. The molecule has 0 spiro atoms. The Hall–Kier alpha value is -4.14. The van der Waals surface area contributed by atoms with E-state index in [9.17, 15) is 19.7 Å². The summed E-state index contributed by atoms with van der Waals surface area (Å²) >= 11 is 0.